The van der Waals surface area contributed by atoms with E-state index in [-0.39, 0.29) is 17.9 Å². The van der Waals surface area contributed by atoms with Crippen molar-refractivity contribution in [3.8, 4) is 5.75 Å². The average Bonchev–Trinajstić information content (AvgIpc) is 3.14. The van der Waals surface area contributed by atoms with Gasteiger partial charge in [-0.3, -0.25) is 19.6 Å². The first-order chi connectivity index (χ1) is 14.0. The molecule has 156 valence electrons. The summed E-state index contributed by atoms with van der Waals surface area (Å²) < 4.78 is 5.69. The van der Waals surface area contributed by atoms with E-state index in [1.54, 1.807) is 11.1 Å². The number of carbonyl (C=O) groups excluding carboxylic acids is 2. The van der Waals surface area contributed by atoms with Crippen molar-refractivity contribution in [1.29, 1.82) is 0 Å². The second-order valence-corrected chi connectivity index (χ2v) is 7.46. The number of carbonyl (C=O) groups is 2. The Bertz CT molecular complexity index is 833. The van der Waals surface area contributed by atoms with E-state index >= 15 is 0 Å². The summed E-state index contributed by atoms with van der Waals surface area (Å²) in [5, 5.41) is 9.67. The number of likely N-dealkylation sites (N-methyl/N-ethyl adjacent to an activating group) is 1. The highest BCUT2D eigenvalue weighted by molar-refractivity contribution is 5.95. The zero-order valence-electron chi connectivity index (χ0n) is 17.3. The molecule has 2 heterocycles. The summed E-state index contributed by atoms with van der Waals surface area (Å²) in [6, 6.07) is 7.54. The molecule has 1 aliphatic heterocycles. The van der Waals surface area contributed by atoms with Gasteiger partial charge >= 0.3 is 0 Å². The molecule has 1 fully saturated rings. The zero-order chi connectivity index (χ0) is 20.8. The summed E-state index contributed by atoms with van der Waals surface area (Å²) >= 11 is 0. The number of aryl methyl sites for hydroxylation is 2. The van der Waals surface area contributed by atoms with E-state index in [0.29, 0.717) is 44.8 Å². The molecule has 0 aliphatic carbocycles. The first-order valence-corrected chi connectivity index (χ1v) is 9.92. The molecule has 2 amide bonds. The van der Waals surface area contributed by atoms with Crippen molar-refractivity contribution in [2.24, 2.45) is 0 Å². The van der Waals surface area contributed by atoms with Gasteiger partial charge in [-0.25, -0.2) is 0 Å². The number of rotatable bonds is 7. The molecule has 29 heavy (non-hydrogen) atoms. The highest BCUT2D eigenvalue weighted by Gasteiger charge is 2.33. The molecule has 1 aromatic carbocycles. The van der Waals surface area contributed by atoms with Crippen molar-refractivity contribution in [3.05, 3.63) is 47.3 Å². The van der Waals surface area contributed by atoms with E-state index in [2.05, 4.69) is 15.5 Å². The van der Waals surface area contributed by atoms with Gasteiger partial charge in [-0.1, -0.05) is 17.7 Å². The smallest absolute Gasteiger partial charge is 0.257 e. The molecule has 1 atom stereocenters. The fourth-order valence-electron chi connectivity index (χ4n) is 3.30. The number of amides is 2. The number of hydrogen-bond donors (Lipinski definition) is 2. The van der Waals surface area contributed by atoms with Gasteiger partial charge < -0.3 is 15.0 Å². The summed E-state index contributed by atoms with van der Waals surface area (Å²) in [5.74, 6) is 0.676. The van der Waals surface area contributed by atoms with Crippen LogP contribution in [-0.2, 0) is 4.79 Å². The Kier molecular flexibility index (Phi) is 6.87. The van der Waals surface area contributed by atoms with Crippen LogP contribution in [0.2, 0.25) is 0 Å². The molecular formula is C21H29N5O3. The van der Waals surface area contributed by atoms with Crippen molar-refractivity contribution in [2.75, 3.05) is 39.8 Å². The van der Waals surface area contributed by atoms with Crippen LogP contribution in [0.3, 0.4) is 0 Å². The lowest BCUT2D eigenvalue weighted by molar-refractivity contribution is -0.127. The number of benzene rings is 1. The van der Waals surface area contributed by atoms with E-state index in [4.69, 9.17) is 4.74 Å². The van der Waals surface area contributed by atoms with Gasteiger partial charge in [0.2, 0.25) is 5.91 Å². The minimum atomic E-state index is -0.363. The second kappa shape index (κ2) is 9.56. The molecule has 0 bridgehead atoms. The predicted octanol–water partition coefficient (Wildman–Crippen LogP) is 1.37. The molecule has 1 aromatic heterocycles. The molecule has 3 rings (SSSR count). The third-order valence-corrected chi connectivity index (χ3v) is 5.21. The topological polar surface area (TPSA) is 90.6 Å². The van der Waals surface area contributed by atoms with Crippen molar-refractivity contribution in [2.45, 2.75) is 26.3 Å². The standard InChI is InChI=1S/C21H29N5O3/c1-15-5-7-17(8-6-15)29-12-4-9-22-20(27)19-14-26(11-10-25(19)3)21(28)18-13-23-24-16(18)2/h5-8,13,19H,4,9-12,14H2,1-3H3,(H,22,27)(H,23,24). The van der Waals surface area contributed by atoms with Crippen molar-refractivity contribution >= 4 is 11.8 Å². The summed E-state index contributed by atoms with van der Waals surface area (Å²) in [6.45, 7) is 6.53. The fraction of sp³-hybridized carbons (Fsp3) is 0.476. The highest BCUT2D eigenvalue weighted by atomic mass is 16.5. The maximum Gasteiger partial charge on any atom is 0.257 e. The van der Waals surface area contributed by atoms with Crippen LogP contribution in [0.25, 0.3) is 0 Å². The van der Waals surface area contributed by atoms with Crippen LogP contribution in [-0.4, -0.2) is 77.7 Å². The monoisotopic (exact) mass is 399 g/mol. The molecule has 2 N–H and O–H groups in total. The maximum absolute atomic E-state index is 12.7. The number of aromatic amines is 1. The average molecular weight is 399 g/mol. The number of hydrogen-bond acceptors (Lipinski definition) is 5. The van der Waals surface area contributed by atoms with Crippen molar-refractivity contribution in [1.82, 2.24) is 25.3 Å². The van der Waals surface area contributed by atoms with E-state index in [9.17, 15) is 9.59 Å². The van der Waals surface area contributed by atoms with Crippen LogP contribution < -0.4 is 10.1 Å². The zero-order valence-corrected chi connectivity index (χ0v) is 17.3. The Morgan fingerprint density at radius 1 is 1.24 bits per heavy atom. The van der Waals surface area contributed by atoms with Crippen LogP contribution >= 0.6 is 0 Å². The number of nitrogens with one attached hydrogen (secondary N) is 2. The SMILES string of the molecule is Cc1ccc(OCCCNC(=O)C2CN(C(=O)c3cn[nH]c3C)CCN2C)cc1. The Morgan fingerprint density at radius 2 is 2.00 bits per heavy atom. The lowest BCUT2D eigenvalue weighted by Crippen LogP contribution is -2.58. The quantitative estimate of drug-likeness (QED) is 0.687. The van der Waals surface area contributed by atoms with Gasteiger partial charge in [-0.05, 0) is 39.4 Å². The molecule has 0 spiro atoms. The largest absolute Gasteiger partial charge is 0.494 e. The number of ether oxygens (including phenoxy) is 1. The van der Waals surface area contributed by atoms with Crippen LogP contribution in [0.5, 0.6) is 5.75 Å². The second-order valence-electron chi connectivity index (χ2n) is 7.46. The van der Waals surface area contributed by atoms with E-state index in [0.717, 1.165) is 11.4 Å². The lowest BCUT2D eigenvalue weighted by Gasteiger charge is -2.38. The number of piperazine rings is 1. The normalized spacial score (nSPS) is 17.2. The van der Waals surface area contributed by atoms with Crippen LogP contribution in [0.15, 0.2) is 30.5 Å². The summed E-state index contributed by atoms with van der Waals surface area (Å²) in [6.07, 6.45) is 2.26. The molecule has 2 aromatic rings. The third kappa shape index (κ3) is 5.35. The van der Waals surface area contributed by atoms with Crippen LogP contribution in [0.1, 0.15) is 28.0 Å². The first kappa shape index (κ1) is 20.9. The number of aromatic nitrogens is 2. The number of nitrogens with zero attached hydrogens (tertiary/aromatic N) is 3. The minimum Gasteiger partial charge on any atom is -0.494 e. The molecule has 1 saturated heterocycles. The van der Waals surface area contributed by atoms with Gasteiger partial charge in [0, 0.05) is 31.9 Å². The van der Waals surface area contributed by atoms with Gasteiger partial charge in [-0.2, -0.15) is 5.10 Å². The van der Waals surface area contributed by atoms with Crippen LogP contribution in [0.4, 0.5) is 0 Å². The molecule has 0 saturated carbocycles. The molecule has 0 radical (unpaired) electrons. The first-order valence-electron chi connectivity index (χ1n) is 9.92. The van der Waals surface area contributed by atoms with E-state index in [1.807, 2.05) is 50.1 Å². The molecule has 8 nitrogen and oxygen atoms in total. The fourth-order valence-corrected chi connectivity index (χ4v) is 3.30. The molecule has 1 aliphatic rings. The van der Waals surface area contributed by atoms with Gasteiger partial charge in [-0.15, -0.1) is 0 Å². The summed E-state index contributed by atoms with van der Waals surface area (Å²) in [7, 11) is 1.91. The maximum atomic E-state index is 12.7. The Balaban J connectivity index is 1.44. The van der Waals surface area contributed by atoms with Gasteiger partial charge in [0.05, 0.1) is 18.4 Å². The molecule has 1 unspecified atom stereocenters. The van der Waals surface area contributed by atoms with Crippen LogP contribution in [0, 0.1) is 13.8 Å². The summed E-state index contributed by atoms with van der Waals surface area (Å²) in [5.41, 5.74) is 2.49. The Morgan fingerprint density at radius 3 is 2.69 bits per heavy atom. The third-order valence-electron chi connectivity index (χ3n) is 5.21. The minimum absolute atomic E-state index is 0.0655. The lowest BCUT2D eigenvalue weighted by atomic mass is 10.1. The van der Waals surface area contributed by atoms with E-state index in [1.165, 1.54) is 5.56 Å². The van der Waals surface area contributed by atoms with Gasteiger partial charge in [0.15, 0.2) is 0 Å². The van der Waals surface area contributed by atoms with Gasteiger partial charge in [0.25, 0.3) is 5.91 Å². The van der Waals surface area contributed by atoms with E-state index < -0.39 is 0 Å². The predicted molar refractivity (Wildman–Crippen MR) is 110 cm³/mol. The van der Waals surface area contributed by atoms with Crippen molar-refractivity contribution < 1.29 is 14.3 Å². The Labute approximate surface area is 171 Å². The summed E-state index contributed by atoms with van der Waals surface area (Å²) in [4.78, 5) is 29.1. The van der Waals surface area contributed by atoms with Gasteiger partial charge in [0.1, 0.15) is 11.8 Å². The molecular weight excluding hydrogens is 370 g/mol. The Hall–Kier alpha value is -2.87. The number of H-pyrrole nitrogens is 1. The van der Waals surface area contributed by atoms with Crippen molar-refractivity contribution in [3.63, 3.8) is 0 Å². The highest BCUT2D eigenvalue weighted by Crippen LogP contribution is 2.14. The molecule has 8 heteroatoms.